The van der Waals surface area contributed by atoms with Crippen molar-refractivity contribution >= 4 is 11.9 Å². The average molecular weight is 232 g/mol. The van der Waals surface area contributed by atoms with Crippen LogP contribution in [0.3, 0.4) is 0 Å². The second kappa shape index (κ2) is 13.9. The van der Waals surface area contributed by atoms with E-state index in [4.69, 9.17) is 4.74 Å². The van der Waals surface area contributed by atoms with Crippen molar-refractivity contribution in [3.05, 3.63) is 0 Å². The van der Waals surface area contributed by atoms with Gasteiger partial charge >= 0.3 is 11.9 Å². The molecule has 0 N–H and O–H groups in total. The summed E-state index contributed by atoms with van der Waals surface area (Å²) in [5, 5.41) is 0. The highest BCUT2D eigenvalue weighted by atomic mass is 16.5. The normalized spacial score (nSPS) is 8.75. The zero-order valence-electron chi connectivity index (χ0n) is 10.9. The smallest absolute Gasteiger partial charge is 0.305 e. The molecule has 0 heterocycles. The summed E-state index contributed by atoms with van der Waals surface area (Å²) in [6.45, 7) is 8.45. The summed E-state index contributed by atoms with van der Waals surface area (Å²) in [5.74, 6) is -0.193. The molecule has 0 aliphatic carbocycles. The van der Waals surface area contributed by atoms with Crippen molar-refractivity contribution in [2.45, 2.75) is 53.4 Å². The Hall–Kier alpha value is -1.06. The van der Waals surface area contributed by atoms with Gasteiger partial charge in [-0.3, -0.25) is 9.59 Å². The van der Waals surface area contributed by atoms with Crippen LogP contribution < -0.4 is 0 Å². The van der Waals surface area contributed by atoms with Crippen LogP contribution in [0.5, 0.6) is 0 Å². The number of carbonyl (C=O) groups is 2. The fourth-order valence-corrected chi connectivity index (χ4v) is 0.817. The zero-order valence-corrected chi connectivity index (χ0v) is 10.9. The summed E-state index contributed by atoms with van der Waals surface area (Å²) in [6.07, 6.45) is 3.05. The Morgan fingerprint density at radius 3 is 1.69 bits per heavy atom. The first kappa shape index (κ1) is 17.3. The van der Waals surface area contributed by atoms with Crippen molar-refractivity contribution in [1.29, 1.82) is 0 Å². The maximum Gasteiger partial charge on any atom is 0.305 e. The molecule has 4 heteroatoms. The zero-order chi connectivity index (χ0) is 12.8. The summed E-state index contributed by atoms with van der Waals surface area (Å²) >= 11 is 0. The lowest BCUT2D eigenvalue weighted by molar-refractivity contribution is -0.143. The molecule has 4 nitrogen and oxygen atoms in total. The van der Waals surface area contributed by atoms with E-state index in [1.807, 2.05) is 6.92 Å². The van der Waals surface area contributed by atoms with Crippen molar-refractivity contribution in [3.63, 3.8) is 0 Å². The third-order valence-corrected chi connectivity index (χ3v) is 1.63. The van der Waals surface area contributed by atoms with Crippen LogP contribution in [0, 0.1) is 0 Å². The number of esters is 2. The van der Waals surface area contributed by atoms with Gasteiger partial charge in [0.15, 0.2) is 0 Å². The number of hydrogen-bond donors (Lipinski definition) is 0. The van der Waals surface area contributed by atoms with Crippen LogP contribution in [0.2, 0.25) is 0 Å². The summed E-state index contributed by atoms with van der Waals surface area (Å²) in [5.41, 5.74) is 0. The Morgan fingerprint density at radius 2 is 1.38 bits per heavy atom. The molecule has 0 rings (SSSR count). The number of carbonyl (C=O) groups excluding carboxylic acids is 2. The van der Waals surface area contributed by atoms with Gasteiger partial charge in [0.2, 0.25) is 0 Å². The maximum atomic E-state index is 10.6. The third-order valence-electron chi connectivity index (χ3n) is 1.63. The van der Waals surface area contributed by atoms with E-state index in [2.05, 4.69) is 11.7 Å². The minimum Gasteiger partial charge on any atom is -0.466 e. The van der Waals surface area contributed by atoms with E-state index >= 15 is 0 Å². The van der Waals surface area contributed by atoms with Gasteiger partial charge in [-0.1, -0.05) is 20.3 Å². The van der Waals surface area contributed by atoms with E-state index < -0.39 is 0 Å². The number of rotatable bonds is 6. The molecule has 0 radical (unpaired) electrons. The summed E-state index contributed by atoms with van der Waals surface area (Å²) in [6, 6.07) is 0. The second-order valence-electron chi connectivity index (χ2n) is 3.07. The molecule has 0 atom stereocenters. The Labute approximate surface area is 98.3 Å². The Kier molecular flexibility index (Phi) is 15.1. The van der Waals surface area contributed by atoms with Crippen molar-refractivity contribution in [2.24, 2.45) is 0 Å². The molecule has 0 aliphatic heterocycles. The van der Waals surface area contributed by atoms with E-state index in [-0.39, 0.29) is 11.9 Å². The Morgan fingerprint density at radius 1 is 0.875 bits per heavy atom. The Balaban J connectivity index is 0. The molecular weight excluding hydrogens is 208 g/mol. The molecule has 0 aliphatic rings. The Bertz CT molecular complexity index is 178. The van der Waals surface area contributed by atoms with Crippen LogP contribution in [0.15, 0.2) is 0 Å². The van der Waals surface area contributed by atoms with E-state index in [1.54, 1.807) is 13.8 Å². The molecule has 0 unspecified atom stereocenters. The summed E-state index contributed by atoms with van der Waals surface area (Å²) < 4.78 is 9.26. The molecule has 0 aromatic heterocycles. The van der Waals surface area contributed by atoms with Gasteiger partial charge in [-0.15, -0.1) is 0 Å². The van der Waals surface area contributed by atoms with E-state index in [9.17, 15) is 9.59 Å². The summed E-state index contributed by atoms with van der Waals surface area (Å²) in [7, 11) is 0. The molecule has 0 aromatic carbocycles. The lowest BCUT2D eigenvalue weighted by atomic mass is 10.3. The standard InChI is InChI=1S/C7H14O2.C5H10O2/c1-3-5-6-7(8)9-4-2;1-3-5(6)7-4-2/h3-6H2,1-2H3;3-4H2,1-2H3. The van der Waals surface area contributed by atoms with Crippen molar-refractivity contribution < 1.29 is 19.1 Å². The lowest BCUT2D eigenvalue weighted by Crippen LogP contribution is -2.02. The molecule has 16 heavy (non-hydrogen) atoms. The molecule has 0 fully saturated rings. The number of hydrogen-bond acceptors (Lipinski definition) is 4. The highest BCUT2D eigenvalue weighted by molar-refractivity contribution is 5.69. The molecule has 0 saturated heterocycles. The lowest BCUT2D eigenvalue weighted by Gasteiger charge is -1.97. The molecule has 96 valence electrons. The molecule has 0 saturated carbocycles. The largest absolute Gasteiger partial charge is 0.466 e. The highest BCUT2D eigenvalue weighted by Crippen LogP contribution is 1.95. The predicted octanol–water partition coefficient (Wildman–Crippen LogP) is 2.70. The van der Waals surface area contributed by atoms with Crippen LogP contribution >= 0.6 is 0 Å². The fourth-order valence-electron chi connectivity index (χ4n) is 0.817. The number of unbranched alkanes of at least 4 members (excludes halogenated alkanes) is 1. The maximum absolute atomic E-state index is 10.6. The molecular formula is C12H24O4. The SMILES string of the molecule is CCCCC(=O)OCC.CCOC(=O)CC. The van der Waals surface area contributed by atoms with E-state index in [0.29, 0.717) is 26.1 Å². The first-order valence-electron chi connectivity index (χ1n) is 5.93. The second-order valence-corrected chi connectivity index (χ2v) is 3.07. The van der Waals surface area contributed by atoms with Crippen LogP contribution in [-0.4, -0.2) is 25.2 Å². The van der Waals surface area contributed by atoms with Crippen LogP contribution in [-0.2, 0) is 19.1 Å². The van der Waals surface area contributed by atoms with Gasteiger partial charge in [-0.25, -0.2) is 0 Å². The van der Waals surface area contributed by atoms with Crippen LogP contribution in [0.4, 0.5) is 0 Å². The monoisotopic (exact) mass is 232 g/mol. The first-order chi connectivity index (χ1) is 7.62. The van der Waals surface area contributed by atoms with Gasteiger partial charge in [0, 0.05) is 12.8 Å². The van der Waals surface area contributed by atoms with Gasteiger partial charge in [0.1, 0.15) is 0 Å². The van der Waals surface area contributed by atoms with Crippen molar-refractivity contribution in [1.82, 2.24) is 0 Å². The summed E-state index contributed by atoms with van der Waals surface area (Å²) in [4.78, 5) is 20.8. The minimum atomic E-state index is -0.123. The molecule has 0 bridgehead atoms. The van der Waals surface area contributed by atoms with Gasteiger partial charge in [0.05, 0.1) is 13.2 Å². The van der Waals surface area contributed by atoms with Crippen LogP contribution in [0.25, 0.3) is 0 Å². The van der Waals surface area contributed by atoms with Gasteiger partial charge in [0.25, 0.3) is 0 Å². The van der Waals surface area contributed by atoms with Crippen molar-refractivity contribution in [2.75, 3.05) is 13.2 Å². The third kappa shape index (κ3) is 15.4. The minimum absolute atomic E-state index is 0.0700. The van der Waals surface area contributed by atoms with E-state index in [1.165, 1.54) is 0 Å². The first-order valence-corrected chi connectivity index (χ1v) is 5.93. The molecule has 0 amide bonds. The average Bonchev–Trinajstić information content (AvgIpc) is 2.28. The number of ether oxygens (including phenoxy) is 2. The van der Waals surface area contributed by atoms with Crippen LogP contribution in [0.1, 0.15) is 53.4 Å². The van der Waals surface area contributed by atoms with Gasteiger partial charge in [-0.05, 0) is 20.3 Å². The topological polar surface area (TPSA) is 52.6 Å². The predicted molar refractivity (Wildman–Crippen MR) is 63.1 cm³/mol. The fraction of sp³-hybridized carbons (Fsp3) is 0.833. The van der Waals surface area contributed by atoms with Gasteiger partial charge in [-0.2, -0.15) is 0 Å². The molecule has 0 spiro atoms. The van der Waals surface area contributed by atoms with Crippen molar-refractivity contribution in [3.8, 4) is 0 Å². The van der Waals surface area contributed by atoms with Gasteiger partial charge < -0.3 is 9.47 Å². The quantitative estimate of drug-likeness (QED) is 0.661. The molecule has 0 aromatic rings. The highest BCUT2D eigenvalue weighted by Gasteiger charge is 1.97. The van der Waals surface area contributed by atoms with E-state index in [0.717, 1.165) is 12.8 Å².